The zero-order valence-corrected chi connectivity index (χ0v) is 22.9. The first-order valence-electron chi connectivity index (χ1n) is 7.08. The minimum Gasteiger partial charge on any atom is -0.744 e. The molecule has 0 aromatic heterocycles. The summed E-state index contributed by atoms with van der Waals surface area (Å²) in [6, 6.07) is 4.71. The third-order valence-corrected chi connectivity index (χ3v) is 5.89. The second-order valence-electron chi connectivity index (χ2n) is 5.32. The predicted octanol–water partition coefficient (Wildman–Crippen LogP) is -3.79. The summed E-state index contributed by atoms with van der Waals surface area (Å²) in [5.74, 6) is 0. The van der Waals surface area contributed by atoms with Gasteiger partial charge in [-0.05, 0) is 23.8 Å². The van der Waals surface area contributed by atoms with Gasteiger partial charge in [0.1, 0.15) is 20.2 Å². The van der Waals surface area contributed by atoms with Crippen LogP contribution in [0.25, 0.3) is 10.6 Å². The normalized spacial score (nSPS) is 11.8. The molecule has 0 aliphatic heterocycles. The summed E-state index contributed by atoms with van der Waals surface area (Å²) in [4.78, 5) is 17.9. The van der Waals surface area contributed by atoms with Crippen molar-refractivity contribution in [1.29, 1.82) is 0 Å². The number of nitro groups is 2. The molecule has 0 atom stereocenters. The van der Waals surface area contributed by atoms with Crippen LogP contribution in [0.1, 0.15) is 11.1 Å². The van der Waals surface area contributed by atoms with Gasteiger partial charge in [0.2, 0.25) is 0 Å². The molecule has 2 aromatic rings. The molecule has 2 aromatic carbocycles. The van der Waals surface area contributed by atoms with Gasteiger partial charge in [0.05, 0.1) is 19.6 Å². The molecule has 0 aliphatic rings. The standard InChI is InChI=1S/C14H9BrN2O10S2.2Na/c15-12(11-4-3-10(17(20)21)7-14(11)29(25,26)27)5-8-1-2-9(16(18)19)6-13(8)28(22,23)24;;/h1-7H,(H,22,23,24)(H,25,26,27);;/q;2*+1/p-2/b12-5-;;. The van der Waals surface area contributed by atoms with Gasteiger partial charge >= 0.3 is 59.1 Å². The number of halogens is 1. The number of rotatable bonds is 6. The molecular formula is C14H7BrN2Na2O10S2. The Kier molecular flexibility index (Phi) is 11.2. The molecule has 0 saturated carbocycles. The third kappa shape index (κ3) is 7.68. The molecule has 0 aliphatic carbocycles. The maximum atomic E-state index is 11.5. The minimum atomic E-state index is -5.18. The van der Waals surface area contributed by atoms with E-state index in [1.54, 1.807) is 0 Å². The molecule has 154 valence electrons. The van der Waals surface area contributed by atoms with Crippen LogP contribution in [-0.4, -0.2) is 35.8 Å². The Labute approximate surface area is 228 Å². The molecule has 0 saturated heterocycles. The molecule has 17 heteroatoms. The number of non-ortho nitro benzene ring substituents is 2. The molecule has 0 bridgehead atoms. The fourth-order valence-electron chi connectivity index (χ4n) is 2.22. The van der Waals surface area contributed by atoms with Gasteiger partial charge in [-0.1, -0.05) is 15.9 Å². The second-order valence-corrected chi connectivity index (χ2v) is 8.87. The van der Waals surface area contributed by atoms with Crippen molar-refractivity contribution < 1.29 is 94.9 Å². The summed E-state index contributed by atoms with van der Waals surface area (Å²) in [6.07, 6.45) is 0.935. The van der Waals surface area contributed by atoms with Crippen molar-refractivity contribution in [2.45, 2.75) is 9.79 Å². The predicted molar refractivity (Wildman–Crippen MR) is 98.9 cm³/mol. The molecule has 12 nitrogen and oxygen atoms in total. The van der Waals surface area contributed by atoms with Crippen molar-refractivity contribution in [3.63, 3.8) is 0 Å². The smallest absolute Gasteiger partial charge is 0.744 e. The van der Waals surface area contributed by atoms with Crippen molar-refractivity contribution in [3.8, 4) is 0 Å². The van der Waals surface area contributed by atoms with Crippen LogP contribution >= 0.6 is 15.9 Å². The first-order chi connectivity index (χ1) is 13.2. The van der Waals surface area contributed by atoms with Crippen LogP contribution in [0.5, 0.6) is 0 Å². The van der Waals surface area contributed by atoms with Crippen molar-refractivity contribution in [1.82, 2.24) is 0 Å². The Balaban J connectivity index is 0.00000450. The number of hydrogen-bond donors (Lipinski definition) is 0. The Morgan fingerprint density at radius 3 is 1.65 bits per heavy atom. The topological polar surface area (TPSA) is 201 Å². The van der Waals surface area contributed by atoms with E-state index in [4.69, 9.17) is 0 Å². The number of nitrogens with zero attached hydrogens (tertiary/aromatic N) is 2. The van der Waals surface area contributed by atoms with E-state index in [2.05, 4.69) is 15.9 Å². The Morgan fingerprint density at radius 1 is 0.806 bits per heavy atom. The van der Waals surface area contributed by atoms with Gasteiger partial charge in [-0.2, -0.15) is 0 Å². The summed E-state index contributed by atoms with van der Waals surface area (Å²) >= 11 is 2.93. The quantitative estimate of drug-likeness (QED) is 0.112. The van der Waals surface area contributed by atoms with Crippen LogP contribution in [0.15, 0.2) is 46.2 Å². The zero-order valence-electron chi connectivity index (χ0n) is 15.7. The van der Waals surface area contributed by atoms with Gasteiger partial charge < -0.3 is 9.11 Å². The number of benzene rings is 2. The maximum Gasteiger partial charge on any atom is 1.00 e. The molecular weight excluding hydrogens is 546 g/mol. The molecule has 0 N–H and O–H groups in total. The van der Waals surface area contributed by atoms with E-state index in [1.165, 1.54) is 0 Å². The molecule has 0 radical (unpaired) electrons. The largest absolute Gasteiger partial charge is 1.00 e. The number of hydrogen-bond acceptors (Lipinski definition) is 10. The fraction of sp³-hybridized carbons (Fsp3) is 0. The number of nitro benzene ring substituents is 2. The molecule has 31 heavy (non-hydrogen) atoms. The third-order valence-electron chi connectivity index (χ3n) is 3.46. The monoisotopic (exact) mass is 552 g/mol. The van der Waals surface area contributed by atoms with Gasteiger partial charge in [0, 0.05) is 34.3 Å². The van der Waals surface area contributed by atoms with Gasteiger partial charge in [0.15, 0.2) is 0 Å². The van der Waals surface area contributed by atoms with Crippen LogP contribution < -0.4 is 59.1 Å². The van der Waals surface area contributed by atoms with E-state index < -0.39 is 51.2 Å². The average molecular weight is 553 g/mol. The fourth-order valence-corrected chi connectivity index (χ4v) is 4.33. The summed E-state index contributed by atoms with van der Waals surface area (Å²) in [6.45, 7) is 0. The van der Waals surface area contributed by atoms with Crippen LogP contribution in [0.4, 0.5) is 11.4 Å². The first kappa shape index (κ1) is 30.3. The molecule has 2 rings (SSSR count). The molecule has 0 amide bonds. The van der Waals surface area contributed by atoms with Gasteiger partial charge in [-0.25, -0.2) is 16.8 Å². The van der Waals surface area contributed by atoms with Crippen molar-refractivity contribution in [3.05, 3.63) is 67.8 Å². The summed E-state index contributed by atoms with van der Waals surface area (Å²) in [5, 5.41) is 21.6. The van der Waals surface area contributed by atoms with E-state index in [0.717, 1.165) is 30.3 Å². The molecule has 0 spiro atoms. The molecule has 0 heterocycles. The maximum absolute atomic E-state index is 11.5. The van der Waals surface area contributed by atoms with E-state index in [0.29, 0.717) is 12.1 Å². The van der Waals surface area contributed by atoms with Gasteiger partial charge in [-0.3, -0.25) is 20.2 Å². The average Bonchev–Trinajstić information content (AvgIpc) is 2.59. The summed E-state index contributed by atoms with van der Waals surface area (Å²) in [5.41, 5.74) is -2.05. The second kappa shape index (κ2) is 11.4. The summed E-state index contributed by atoms with van der Waals surface area (Å²) in [7, 11) is -10.3. The SMILES string of the molecule is O=[N+]([O-])c1ccc(/C=C(\Br)c2ccc([N+](=O)[O-])cc2S(=O)(=O)[O-])c(S(=O)(=O)[O-])c1.[Na+].[Na+]. The summed E-state index contributed by atoms with van der Waals surface area (Å²) < 4.78 is 68.6. The van der Waals surface area contributed by atoms with Gasteiger partial charge in [0.25, 0.3) is 11.4 Å². The van der Waals surface area contributed by atoms with Crippen molar-refractivity contribution in [2.24, 2.45) is 0 Å². The minimum absolute atomic E-state index is 0. The zero-order chi connectivity index (χ0) is 22.1. The first-order valence-corrected chi connectivity index (χ1v) is 10.7. The van der Waals surface area contributed by atoms with E-state index >= 15 is 0 Å². The van der Waals surface area contributed by atoms with Crippen molar-refractivity contribution >= 4 is 58.1 Å². The van der Waals surface area contributed by atoms with Crippen LogP contribution in [0.2, 0.25) is 0 Å². The molecule has 0 fully saturated rings. The Morgan fingerprint density at radius 2 is 1.23 bits per heavy atom. The van der Waals surface area contributed by atoms with E-state index in [-0.39, 0.29) is 74.7 Å². The van der Waals surface area contributed by atoms with Crippen LogP contribution in [-0.2, 0) is 20.2 Å². The van der Waals surface area contributed by atoms with Gasteiger partial charge in [-0.15, -0.1) is 0 Å². The Hall–Kier alpha value is -0.720. The molecule has 0 unspecified atom stereocenters. The van der Waals surface area contributed by atoms with E-state index in [1.807, 2.05) is 0 Å². The van der Waals surface area contributed by atoms with Crippen LogP contribution in [0.3, 0.4) is 0 Å². The van der Waals surface area contributed by atoms with Crippen molar-refractivity contribution in [2.75, 3.05) is 0 Å². The van der Waals surface area contributed by atoms with Crippen LogP contribution in [0, 0.1) is 20.2 Å². The Bertz CT molecular complexity index is 1280. The van der Waals surface area contributed by atoms with E-state index in [9.17, 15) is 46.2 Å².